The summed E-state index contributed by atoms with van der Waals surface area (Å²) in [7, 11) is 3.36. The first kappa shape index (κ1) is 14.5. The third-order valence-electron chi connectivity index (χ3n) is 5.40. The summed E-state index contributed by atoms with van der Waals surface area (Å²) in [5.41, 5.74) is 3.61. The first-order valence-electron chi connectivity index (χ1n) is 8.15. The summed E-state index contributed by atoms with van der Waals surface area (Å²) in [6.07, 6.45) is 4.58. The van der Waals surface area contributed by atoms with Crippen LogP contribution in [0.1, 0.15) is 18.4 Å². The minimum absolute atomic E-state index is 0.337. The lowest BCUT2D eigenvalue weighted by Crippen LogP contribution is -2.24. The maximum absolute atomic E-state index is 5.47. The van der Waals surface area contributed by atoms with Gasteiger partial charge in [-0.05, 0) is 55.8 Å². The van der Waals surface area contributed by atoms with Gasteiger partial charge in [0.2, 0.25) is 0 Å². The smallest absolute Gasteiger partial charge is 0.128 e. The van der Waals surface area contributed by atoms with Crippen LogP contribution in [-0.2, 0) is 5.41 Å². The van der Waals surface area contributed by atoms with Gasteiger partial charge in [0.25, 0.3) is 0 Å². The quantitative estimate of drug-likeness (QED) is 0.869. The van der Waals surface area contributed by atoms with Crippen molar-refractivity contribution in [1.29, 1.82) is 0 Å². The lowest BCUT2D eigenvalue weighted by molar-refractivity contribution is 0.364. The summed E-state index contributed by atoms with van der Waals surface area (Å²) < 4.78 is 10.8. The Kier molecular flexibility index (Phi) is 3.49. The molecule has 0 amide bonds. The number of hydrogen-bond donors (Lipinski definition) is 0. The molecular weight excluding hydrogens is 288 g/mol. The number of aromatic nitrogens is 1. The summed E-state index contributed by atoms with van der Waals surface area (Å²) in [5.74, 6) is 1.63. The van der Waals surface area contributed by atoms with Gasteiger partial charge in [-0.1, -0.05) is 6.07 Å². The zero-order chi connectivity index (χ0) is 15.9. The number of fused-ring (bicyclic) bond motifs is 2. The van der Waals surface area contributed by atoms with E-state index in [4.69, 9.17) is 14.5 Å². The zero-order valence-corrected chi connectivity index (χ0v) is 13.7. The molecule has 4 rings (SSSR count). The summed E-state index contributed by atoms with van der Waals surface area (Å²) in [6, 6.07) is 10.2. The van der Waals surface area contributed by atoms with Gasteiger partial charge in [0.05, 0.1) is 19.9 Å². The lowest BCUT2D eigenvalue weighted by atomic mass is 9.78. The van der Waals surface area contributed by atoms with Crippen molar-refractivity contribution in [1.82, 2.24) is 9.88 Å². The Bertz CT molecular complexity index is 704. The molecule has 1 aromatic carbocycles. The maximum atomic E-state index is 5.47. The van der Waals surface area contributed by atoms with Crippen molar-refractivity contribution < 1.29 is 9.47 Å². The van der Waals surface area contributed by atoms with Gasteiger partial charge in [-0.25, -0.2) is 0 Å². The molecule has 2 aromatic rings. The molecule has 2 fully saturated rings. The third-order valence-corrected chi connectivity index (χ3v) is 5.40. The highest BCUT2D eigenvalue weighted by atomic mass is 16.5. The molecule has 3 heterocycles. The summed E-state index contributed by atoms with van der Waals surface area (Å²) in [5, 5.41) is 0. The number of piperidine rings is 1. The number of nitrogens with zero attached hydrogens (tertiary/aromatic N) is 2. The molecule has 0 aliphatic carbocycles. The van der Waals surface area contributed by atoms with E-state index in [9.17, 15) is 0 Å². The van der Waals surface area contributed by atoms with E-state index in [0.29, 0.717) is 5.41 Å². The molecular formula is C19H22N2O2. The second-order valence-electron chi connectivity index (χ2n) is 6.55. The van der Waals surface area contributed by atoms with Gasteiger partial charge in [-0.2, -0.15) is 0 Å². The number of rotatable bonds is 4. The fourth-order valence-corrected chi connectivity index (χ4v) is 3.99. The van der Waals surface area contributed by atoms with E-state index in [1.54, 1.807) is 14.2 Å². The van der Waals surface area contributed by atoms with Crippen LogP contribution in [0.3, 0.4) is 0 Å². The molecule has 2 bridgehead atoms. The van der Waals surface area contributed by atoms with Gasteiger partial charge in [-0.3, -0.25) is 4.98 Å². The summed E-state index contributed by atoms with van der Waals surface area (Å²) in [6.45, 7) is 3.65. The lowest BCUT2D eigenvalue weighted by Gasteiger charge is -2.25. The Morgan fingerprint density at radius 3 is 2.43 bits per heavy atom. The van der Waals surface area contributed by atoms with E-state index in [-0.39, 0.29) is 0 Å². The van der Waals surface area contributed by atoms with Gasteiger partial charge in [-0.15, -0.1) is 0 Å². The standard InChI is InChI=1S/C19H22N2O2/c1-22-15-4-6-18(23-2)16(11-15)17-5-3-14(12-20-17)19-7-9-21(13-19)10-8-19/h3-6,11-12H,7-10,13H2,1-2H3. The van der Waals surface area contributed by atoms with E-state index in [2.05, 4.69) is 23.2 Å². The highest BCUT2D eigenvalue weighted by molar-refractivity contribution is 5.69. The highest BCUT2D eigenvalue weighted by Gasteiger charge is 2.44. The van der Waals surface area contributed by atoms with Crippen molar-refractivity contribution in [3.05, 3.63) is 42.1 Å². The van der Waals surface area contributed by atoms with Crippen LogP contribution in [-0.4, -0.2) is 43.7 Å². The molecule has 4 heteroatoms. The Labute approximate surface area is 137 Å². The number of pyridine rings is 1. The summed E-state index contributed by atoms with van der Waals surface area (Å²) in [4.78, 5) is 7.29. The minimum atomic E-state index is 0.337. The fraction of sp³-hybridized carbons (Fsp3) is 0.421. The summed E-state index contributed by atoms with van der Waals surface area (Å²) >= 11 is 0. The van der Waals surface area contributed by atoms with Gasteiger partial charge in [0, 0.05) is 23.7 Å². The molecule has 23 heavy (non-hydrogen) atoms. The predicted molar refractivity (Wildman–Crippen MR) is 90.1 cm³/mol. The third kappa shape index (κ3) is 2.38. The first-order valence-corrected chi connectivity index (χ1v) is 8.15. The molecule has 0 spiro atoms. The molecule has 2 aliphatic rings. The monoisotopic (exact) mass is 310 g/mol. The normalized spacial score (nSPS) is 25.6. The molecule has 2 aliphatic heterocycles. The van der Waals surface area contributed by atoms with Crippen molar-refractivity contribution in [3.63, 3.8) is 0 Å². The van der Waals surface area contributed by atoms with Crippen LogP contribution in [0.4, 0.5) is 0 Å². The van der Waals surface area contributed by atoms with E-state index < -0.39 is 0 Å². The molecule has 1 aromatic heterocycles. The first-order chi connectivity index (χ1) is 11.2. The second kappa shape index (κ2) is 5.53. The van der Waals surface area contributed by atoms with Crippen LogP contribution in [0.5, 0.6) is 11.5 Å². The Morgan fingerprint density at radius 1 is 1.04 bits per heavy atom. The number of hydrogen-bond acceptors (Lipinski definition) is 4. The number of ether oxygens (including phenoxy) is 2. The van der Waals surface area contributed by atoms with Crippen LogP contribution in [0, 0.1) is 0 Å². The van der Waals surface area contributed by atoms with Crippen molar-refractivity contribution in [2.24, 2.45) is 0 Å². The molecule has 0 unspecified atom stereocenters. The van der Waals surface area contributed by atoms with Crippen molar-refractivity contribution in [3.8, 4) is 22.8 Å². The molecule has 0 saturated carbocycles. The van der Waals surface area contributed by atoms with Crippen molar-refractivity contribution in [2.75, 3.05) is 33.9 Å². The van der Waals surface area contributed by atoms with E-state index >= 15 is 0 Å². The molecule has 2 saturated heterocycles. The van der Waals surface area contributed by atoms with Crippen LogP contribution >= 0.6 is 0 Å². The Balaban J connectivity index is 1.69. The second-order valence-corrected chi connectivity index (χ2v) is 6.55. The van der Waals surface area contributed by atoms with Crippen molar-refractivity contribution >= 4 is 0 Å². The van der Waals surface area contributed by atoms with E-state index in [1.165, 1.54) is 38.0 Å². The average Bonchev–Trinajstić information content (AvgIpc) is 3.23. The number of methoxy groups -OCH3 is 2. The predicted octanol–water partition coefficient (Wildman–Crippen LogP) is 3.11. The fourth-order valence-electron chi connectivity index (χ4n) is 3.99. The van der Waals surface area contributed by atoms with Crippen LogP contribution in [0.25, 0.3) is 11.3 Å². The largest absolute Gasteiger partial charge is 0.497 e. The van der Waals surface area contributed by atoms with Gasteiger partial charge >= 0.3 is 0 Å². The molecule has 120 valence electrons. The maximum Gasteiger partial charge on any atom is 0.128 e. The van der Waals surface area contributed by atoms with Gasteiger partial charge in [0.1, 0.15) is 11.5 Å². The van der Waals surface area contributed by atoms with Gasteiger partial charge in [0.15, 0.2) is 0 Å². The molecule has 0 radical (unpaired) electrons. The topological polar surface area (TPSA) is 34.6 Å². The molecule has 0 atom stereocenters. The molecule has 4 nitrogen and oxygen atoms in total. The van der Waals surface area contributed by atoms with Crippen LogP contribution in [0.15, 0.2) is 36.5 Å². The molecule has 0 N–H and O–H groups in total. The van der Waals surface area contributed by atoms with Crippen molar-refractivity contribution in [2.45, 2.75) is 18.3 Å². The van der Waals surface area contributed by atoms with E-state index in [0.717, 1.165) is 22.8 Å². The Morgan fingerprint density at radius 2 is 1.87 bits per heavy atom. The van der Waals surface area contributed by atoms with E-state index in [1.807, 2.05) is 18.2 Å². The van der Waals surface area contributed by atoms with Crippen LogP contribution in [0.2, 0.25) is 0 Å². The minimum Gasteiger partial charge on any atom is -0.497 e. The SMILES string of the molecule is COc1ccc(OC)c(-c2ccc(C34CCN(CC3)C4)cn2)c1. The average molecular weight is 310 g/mol. The highest BCUT2D eigenvalue weighted by Crippen LogP contribution is 2.43. The number of benzene rings is 1. The zero-order valence-electron chi connectivity index (χ0n) is 13.7. The van der Waals surface area contributed by atoms with Crippen LogP contribution < -0.4 is 9.47 Å². The Hall–Kier alpha value is -2.07. The van der Waals surface area contributed by atoms with Gasteiger partial charge < -0.3 is 14.4 Å².